The lowest BCUT2D eigenvalue weighted by atomic mass is 10.2. The minimum absolute atomic E-state index is 0.0598. The zero-order valence-electron chi connectivity index (χ0n) is 13.6. The standard InChI is InChI=1S/C14H21N3O6/c1-5-22-12(18)11-8-10(17(20)21)9-16(11)7-6-15-13(19)23-14(2,3)4/h8-9H,5-7H2,1-4H3,(H,15,19). The Morgan fingerprint density at radius 1 is 1.39 bits per heavy atom. The van der Waals surface area contributed by atoms with Crippen molar-refractivity contribution in [2.75, 3.05) is 13.2 Å². The van der Waals surface area contributed by atoms with Crippen LogP contribution in [-0.2, 0) is 16.0 Å². The summed E-state index contributed by atoms with van der Waals surface area (Å²) in [6.45, 7) is 7.33. The molecule has 0 aliphatic carbocycles. The fourth-order valence-corrected chi connectivity index (χ4v) is 1.75. The first-order valence-corrected chi connectivity index (χ1v) is 7.12. The van der Waals surface area contributed by atoms with Crippen LogP contribution in [0.15, 0.2) is 12.3 Å². The number of nitro groups is 1. The van der Waals surface area contributed by atoms with Crippen molar-refractivity contribution in [1.29, 1.82) is 0 Å². The first kappa shape index (κ1) is 18.5. The number of aromatic nitrogens is 1. The van der Waals surface area contributed by atoms with Crippen LogP contribution >= 0.6 is 0 Å². The Balaban J connectivity index is 2.73. The van der Waals surface area contributed by atoms with Crippen LogP contribution in [0.3, 0.4) is 0 Å². The molecule has 0 saturated carbocycles. The van der Waals surface area contributed by atoms with Gasteiger partial charge in [-0.2, -0.15) is 0 Å². The Kier molecular flexibility index (Phi) is 6.11. The number of alkyl carbamates (subject to hydrolysis) is 1. The average Bonchev–Trinajstić information content (AvgIpc) is 2.81. The molecule has 0 fully saturated rings. The molecule has 0 aliphatic heterocycles. The maximum atomic E-state index is 11.8. The van der Waals surface area contributed by atoms with Crippen LogP contribution in [0.2, 0.25) is 0 Å². The molecule has 1 rings (SSSR count). The predicted octanol–water partition coefficient (Wildman–Crippen LogP) is 2.10. The third-order valence-corrected chi connectivity index (χ3v) is 2.60. The number of nitrogens with one attached hydrogen (secondary N) is 1. The first-order valence-electron chi connectivity index (χ1n) is 7.12. The van der Waals surface area contributed by atoms with Crippen molar-refractivity contribution in [2.24, 2.45) is 0 Å². The maximum absolute atomic E-state index is 11.8. The van der Waals surface area contributed by atoms with Gasteiger partial charge in [0.05, 0.1) is 17.7 Å². The minimum atomic E-state index is -0.655. The van der Waals surface area contributed by atoms with E-state index in [0.717, 1.165) is 6.07 Å². The molecule has 23 heavy (non-hydrogen) atoms. The lowest BCUT2D eigenvalue weighted by molar-refractivity contribution is -0.384. The van der Waals surface area contributed by atoms with Crippen molar-refractivity contribution in [3.8, 4) is 0 Å². The number of nitrogens with zero attached hydrogens (tertiary/aromatic N) is 2. The minimum Gasteiger partial charge on any atom is -0.461 e. The lowest BCUT2D eigenvalue weighted by Crippen LogP contribution is -2.34. The highest BCUT2D eigenvalue weighted by Gasteiger charge is 2.21. The fraction of sp³-hybridized carbons (Fsp3) is 0.571. The smallest absolute Gasteiger partial charge is 0.407 e. The number of ether oxygens (including phenoxy) is 2. The molecule has 0 aliphatic rings. The molecule has 9 nitrogen and oxygen atoms in total. The van der Waals surface area contributed by atoms with Gasteiger partial charge in [-0.05, 0) is 27.7 Å². The van der Waals surface area contributed by atoms with E-state index in [0.29, 0.717) is 0 Å². The van der Waals surface area contributed by atoms with E-state index < -0.39 is 22.6 Å². The molecule has 0 bridgehead atoms. The van der Waals surface area contributed by atoms with E-state index in [-0.39, 0.29) is 31.1 Å². The average molecular weight is 327 g/mol. The quantitative estimate of drug-likeness (QED) is 0.486. The van der Waals surface area contributed by atoms with Gasteiger partial charge < -0.3 is 19.4 Å². The molecule has 9 heteroatoms. The maximum Gasteiger partial charge on any atom is 0.407 e. The number of hydrogen-bond donors (Lipinski definition) is 1. The van der Waals surface area contributed by atoms with Crippen molar-refractivity contribution in [3.05, 3.63) is 28.1 Å². The van der Waals surface area contributed by atoms with Gasteiger partial charge in [-0.3, -0.25) is 10.1 Å². The summed E-state index contributed by atoms with van der Waals surface area (Å²) < 4.78 is 11.3. The van der Waals surface area contributed by atoms with Gasteiger partial charge in [-0.25, -0.2) is 9.59 Å². The largest absolute Gasteiger partial charge is 0.461 e. The molecule has 0 spiro atoms. The van der Waals surface area contributed by atoms with E-state index >= 15 is 0 Å². The number of carbonyl (C=O) groups excluding carboxylic acids is 2. The van der Waals surface area contributed by atoms with Gasteiger partial charge in [-0.15, -0.1) is 0 Å². The highest BCUT2D eigenvalue weighted by molar-refractivity contribution is 5.88. The van der Waals surface area contributed by atoms with Crippen LogP contribution in [0.1, 0.15) is 38.2 Å². The Bertz CT molecular complexity index is 588. The molecule has 0 radical (unpaired) electrons. The Labute approximate surface area is 133 Å². The molecule has 1 aromatic heterocycles. The second-order valence-corrected chi connectivity index (χ2v) is 5.68. The number of rotatable bonds is 6. The summed E-state index contributed by atoms with van der Waals surface area (Å²) in [5.74, 6) is -0.655. The van der Waals surface area contributed by atoms with Crippen molar-refractivity contribution < 1.29 is 24.0 Å². The van der Waals surface area contributed by atoms with Crippen molar-refractivity contribution in [3.63, 3.8) is 0 Å². The molecule has 0 aromatic carbocycles. The van der Waals surface area contributed by atoms with Crippen LogP contribution in [0.5, 0.6) is 0 Å². The van der Waals surface area contributed by atoms with Gasteiger partial charge in [-0.1, -0.05) is 0 Å². The van der Waals surface area contributed by atoms with E-state index in [1.54, 1.807) is 27.7 Å². The summed E-state index contributed by atoms with van der Waals surface area (Å²) >= 11 is 0. The van der Waals surface area contributed by atoms with Crippen molar-refractivity contribution in [1.82, 2.24) is 9.88 Å². The molecule has 1 heterocycles. The Morgan fingerprint density at radius 2 is 2.04 bits per heavy atom. The van der Waals surface area contributed by atoms with Gasteiger partial charge in [0.1, 0.15) is 11.3 Å². The molecule has 0 saturated heterocycles. The summed E-state index contributed by atoms with van der Waals surface area (Å²) in [5.41, 5.74) is -0.776. The summed E-state index contributed by atoms with van der Waals surface area (Å²) in [6, 6.07) is 1.14. The van der Waals surface area contributed by atoms with Gasteiger partial charge in [0.2, 0.25) is 0 Å². The lowest BCUT2D eigenvalue weighted by Gasteiger charge is -2.19. The zero-order chi connectivity index (χ0) is 17.6. The predicted molar refractivity (Wildman–Crippen MR) is 81.3 cm³/mol. The third kappa shape index (κ3) is 5.97. The number of esters is 1. The summed E-state index contributed by atoms with van der Waals surface area (Å²) in [4.78, 5) is 33.6. The van der Waals surface area contributed by atoms with Gasteiger partial charge >= 0.3 is 12.1 Å². The summed E-state index contributed by atoms with van der Waals surface area (Å²) in [6.07, 6.45) is 0.625. The second-order valence-electron chi connectivity index (χ2n) is 5.68. The fourth-order valence-electron chi connectivity index (χ4n) is 1.75. The van der Waals surface area contributed by atoms with Crippen LogP contribution in [0.4, 0.5) is 10.5 Å². The van der Waals surface area contributed by atoms with E-state index in [4.69, 9.17) is 9.47 Å². The molecule has 0 unspecified atom stereocenters. The Hall–Kier alpha value is -2.58. The second kappa shape index (κ2) is 7.61. The van der Waals surface area contributed by atoms with Crippen LogP contribution in [0.25, 0.3) is 0 Å². The normalized spacial score (nSPS) is 11.0. The first-order chi connectivity index (χ1) is 10.6. The molecule has 1 N–H and O–H groups in total. The van der Waals surface area contributed by atoms with E-state index in [1.807, 2.05) is 0 Å². The molecule has 1 amide bonds. The molecule has 0 atom stereocenters. The highest BCUT2D eigenvalue weighted by atomic mass is 16.6. The Morgan fingerprint density at radius 3 is 2.57 bits per heavy atom. The summed E-state index contributed by atoms with van der Waals surface area (Å²) in [7, 11) is 0. The SMILES string of the molecule is CCOC(=O)c1cc([N+](=O)[O-])cn1CCNC(=O)OC(C)(C)C. The van der Waals surface area contributed by atoms with Crippen LogP contribution < -0.4 is 5.32 Å². The number of carbonyl (C=O) groups is 2. The number of amides is 1. The van der Waals surface area contributed by atoms with Gasteiger partial charge in [0.15, 0.2) is 0 Å². The van der Waals surface area contributed by atoms with Crippen LogP contribution in [0, 0.1) is 10.1 Å². The van der Waals surface area contributed by atoms with Gasteiger partial charge in [0.25, 0.3) is 5.69 Å². The van der Waals surface area contributed by atoms with Gasteiger partial charge in [0, 0.05) is 19.2 Å². The third-order valence-electron chi connectivity index (χ3n) is 2.60. The van der Waals surface area contributed by atoms with Crippen molar-refractivity contribution in [2.45, 2.75) is 39.8 Å². The molecular formula is C14H21N3O6. The zero-order valence-corrected chi connectivity index (χ0v) is 13.6. The molecule has 1 aromatic rings. The van der Waals surface area contributed by atoms with Crippen LogP contribution in [-0.4, -0.2) is 40.3 Å². The topological polar surface area (TPSA) is 113 Å². The monoisotopic (exact) mass is 327 g/mol. The van der Waals surface area contributed by atoms with Crippen molar-refractivity contribution >= 4 is 17.7 Å². The molecular weight excluding hydrogens is 306 g/mol. The van der Waals surface area contributed by atoms with E-state index in [2.05, 4.69) is 5.32 Å². The van der Waals surface area contributed by atoms with E-state index in [9.17, 15) is 19.7 Å². The molecule has 128 valence electrons. The highest BCUT2D eigenvalue weighted by Crippen LogP contribution is 2.17. The summed E-state index contributed by atoms with van der Waals surface area (Å²) in [5, 5.41) is 13.4. The van der Waals surface area contributed by atoms with E-state index in [1.165, 1.54) is 10.8 Å². The number of hydrogen-bond acceptors (Lipinski definition) is 6.